The molecule has 3 rings (SSSR count). The van der Waals surface area contributed by atoms with E-state index >= 15 is 0 Å². The Morgan fingerprint density at radius 1 is 1.09 bits per heavy atom. The summed E-state index contributed by atoms with van der Waals surface area (Å²) >= 11 is 3.48. The smallest absolute Gasteiger partial charge is 0.259 e. The van der Waals surface area contributed by atoms with Crippen molar-refractivity contribution in [2.75, 3.05) is 14.2 Å². The molecule has 0 radical (unpaired) electrons. The fourth-order valence-corrected chi connectivity index (χ4v) is 2.76. The van der Waals surface area contributed by atoms with Crippen LogP contribution in [0.5, 0.6) is 11.5 Å². The van der Waals surface area contributed by atoms with Gasteiger partial charge in [-0.3, -0.25) is 4.79 Å². The standard InChI is InChI=1S/C16H13BrN2O3/c1-21-13-7-10(11(17)8-14(13)22-2)15-18-12-6-4-3-5-9(12)16(20)19-15/h3-8H,1-2H3,(H,18,19,20). The number of aromatic nitrogens is 2. The van der Waals surface area contributed by atoms with E-state index in [1.54, 1.807) is 32.4 Å². The predicted octanol–water partition coefficient (Wildman–Crippen LogP) is 3.37. The Bertz CT molecular complexity index is 906. The Morgan fingerprint density at radius 3 is 2.50 bits per heavy atom. The highest BCUT2D eigenvalue weighted by atomic mass is 79.9. The van der Waals surface area contributed by atoms with Crippen LogP contribution in [-0.4, -0.2) is 24.2 Å². The normalized spacial score (nSPS) is 10.7. The Hall–Kier alpha value is -2.34. The minimum Gasteiger partial charge on any atom is -0.493 e. The van der Waals surface area contributed by atoms with Crippen molar-refractivity contribution in [3.05, 3.63) is 51.2 Å². The van der Waals surface area contributed by atoms with Crippen molar-refractivity contribution in [1.82, 2.24) is 9.97 Å². The average molecular weight is 361 g/mol. The maximum atomic E-state index is 12.2. The lowest BCUT2D eigenvalue weighted by Gasteiger charge is -2.11. The number of methoxy groups -OCH3 is 2. The van der Waals surface area contributed by atoms with Crippen LogP contribution in [0.2, 0.25) is 0 Å². The molecule has 0 saturated heterocycles. The molecule has 1 aromatic heterocycles. The molecule has 3 aromatic rings. The van der Waals surface area contributed by atoms with Gasteiger partial charge in [0.15, 0.2) is 11.5 Å². The van der Waals surface area contributed by atoms with E-state index < -0.39 is 0 Å². The van der Waals surface area contributed by atoms with Gasteiger partial charge in [0.05, 0.1) is 25.1 Å². The van der Waals surface area contributed by atoms with Gasteiger partial charge in [0.25, 0.3) is 5.56 Å². The van der Waals surface area contributed by atoms with Gasteiger partial charge < -0.3 is 14.5 Å². The number of aromatic amines is 1. The Balaban J connectivity index is 2.25. The zero-order chi connectivity index (χ0) is 15.7. The van der Waals surface area contributed by atoms with Crippen LogP contribution in [0, 0.1) is 0 Å². The molecule has 0 atom stereocenters. The first kappa shape index (κ1) is 14.6. The number of rotatable bonds is 3. The van der Waals surface area contributed by atoms with E-state index in [0.29, 0.717) is 28.2 Å². The number of benzene rings is 2. The van der Waals surface area contributed by atoms with Gasteiger partial charge in [-0.15, -0.1) is 0 Å². The SMILES string of the molecule is COc1cc(Br)c(-c2nc3ccccc3c(=O)[nH]2)cc1OC. The number of H-pyrrole nitrogens is 1. The van der Waals surface area contributed by atoms with Crippen molar-refractivity contribution in [1.29, 1.82) is 0 Å². The highest BCUT2D eigenvalue weighted by Gasteiger charge is 2.14. The average Bonchev–Trinajstić information content (AvgIpc) is 2.54. The maximum absolute atomic E-state index is 12.2. The summed E-state index contributed by atoms with van der Waals surface area (Å²) in [7, 11) is 3.13. The molecule has 6 heteroatoms. The molecule has 1 heterocycles. The minimum absolute atomic E-state index is 0.178. The van der Waals surface area contributed by atoms with Crippen LogP contribution in [0.1, 0.15) is 0 Å². The van der Waals surface area contributed by atoms with Crippen LogP contribution in [0.4, 0.5) is 0 Å². The quantitative estimate of drug-likeness (QED) is 0.777. The molecule has 0 spiro atoms. The second kappa shape index (κ2) is 5.81. The molecule has 0 aliphatic carbocycles. The Labute approximate surface area is 135 Å². The molecule has 1 N–H and O–H groups in total. The van der Waals surface area contributed by atoms with Crippen LogP contribution in [0.15, 0.2) is 45.7 Å². The van der Waals surface area contributed by atoms with Crippen LogP contribution in [0.3, 0.4) is 0 Å². The van der Waals surface area contributed by atoms with Crippen LogP contribution in [-0.2, 0) is 0 Å². The number of hydrogen-bond acceptors (Lipinski definition) is 4. The van der Waals surface area contributed by atoms with E-state index in [4.69, 9.17) is 9.47 Å². The summed E-state index contributed by atoms with van der Waals surface area (Å²) in [6.07, 6.45) is 0. The van der Waals surface area contributed by atoms with Crippen molar-refractivity contribution in [3.8, 4) is 22.9 Å². The lowest BCUT2D eigenvalue weighted by atomic mass is 10.1. The molecule has 22 heavy (non-hydrogen) atoms. The fourth-order valence-electron chi connectivity index (χ4n) is 2.25. The molecule has 0 saturated carbocycles. The third-order valence-corrected chi connectivity index (χ3v) is 4.00. The van der Waals surface area contributed by atoms with Crippen molar-refractivity contribution >= 4 is 26.8 Å². The minimum atomic E-state index is -0.178. The Morgan fingerprint density at radius 2 is 1.77 bits per heavy atom. The molecule has 2 aromatic carbocycles. The van der Waals surface area contributed by atoms with Gasteiger partial charge in [-0.2, -0.15) is 0 Å². The van der Waals surface area contributed by atoms with Gasteiger partial charge in [0.1, 0.15) is 5.82 Å². The summed E-state index contributed by atoms with van der Waals surface area (Å²) in [6.45, 7) is 0. The van der Waals surface area contributed by atoms with Gasteiger partial charge in [-0.05, 0) is 40.2 Å². The molecule has 0 unspecified atom stereocenters. The number of ether oxygens (including phenoxy) is 2. The fraction of sp³-hybridized carbons (Fsp3) is 0.125. The molecule has 5 nitrogen and oxygen atoms in total. The topological polar surface area (TPSA) is 64.2 Å². The zero-order valence-electron chi connectivity index (χ0n) is 12.0. The van der Waals surface area contributed by atoms with Crippen LogP contribution in [0.25, 0.3) is 22.3 Å². The molecule has 0 fully saturated rings. The highest BCUT2D eigenvalue weighted by Crippen LogP contribution is 2.37. The summed E-state index contributed by atoms with van der Waals surface area (Å²) in [5, 5.41) is 0.558. The largest absolute Gasteiger partial charge is 0.493 e. The molecular formula is C16H13BrN2O3. The number of hydrogen-bond donors (Lipinski definition) is 1. The lowest BCUT2D eigenvalue weighted by Crippen LogP contribution is -2.09. The molecule has 0 aliphatic heterocycles. The predicted molar refractivity (Wildman–Crippen MR) is 88.6 cm³/mol. The Kier molecular flexibility index (Phi) is 3.85. The first-order valence-electron chi connectivity index (χ1n) is 6.55. The lowest BCUT2D eigenvalue weighted by molar-refractivity contribution is 0.355. The van der Waals surface area contributed by atoms with Crippen molar-refractivity contribution in [3.63, 3.8) is 0 Å². The molecule has 0 amide bonds. The van der Waals surface area contributed by atoms with Gasteiger partial charge >= 0.3 is 0 Å². The third kappa shape index (κ3) is 2.46. The van der Waals surface area contributed by atoms with Gasteiger partial charge in [-0.1, -0.05) is 12.1 Å². The summed E-state index contributed by atoms with van der Waals surface area (Å²) in [5.74, 6) is 1.63. The zero-order valence-corrected chi connectivity index (χ0v) is 13.6. The van der Waals surface area contributed by atoms with Crippen LogP contribution < -0.4 is 15.0 Å². The monoisotopic (exact) mass is 360 g/mol. The first-order chi connectivity index (χ1) is 10.6. The van der Waals surface area contributed by atoms with Crippen LogP contribution >= 0.6 is 15.9 Å². The van der Waals surface area contributed by atoms with E-state index in [2.05, 4.69) is 25.9 Å². The van der Waals surface area contributed by atoms with E-state index in [1.807, 2.05) is 18.2 Å². The summed E-state index contributed by atoms with van der Waals surface area (Å²) in [5.41, 5.74) is 1.19. The number of para-hydroxylation sites is 1. The number of halogens is 1. The van der Waals surface area contributed by atoms with Crippen molar-refractivity contribution in [2.24, 2.45) is 0 Å². The van der Waals surface area contributed by atoms with Crippen molar-refractivity contribution < 1.29 is 9.47 Å². The second-order valence-electron chi connectivity index (χ2n) is 4.62. The highest BCUT2D eigenvalue weighted by molar-refractivity contribution is 9.10. The van der Waals surface area contributed by atoms with E-state index in [9.17, 15) is 4.79 Å². The summed E-state index contributed by atoms with van der Waals surface area (Å²) in [6, 6.07) is 10.8. The summed E-state index contributed by atoms with van der Waals surface area (Å²) < 4.78 is 11.3. The second-order valence-corrected chi connectivity index (χ2v) is 5.47. The number of fused-ring (bicyclic) bond motifs is 1. The van der Waals surface area contributed by atoms with E-state index in [-0.39, 0.29) is 5.56 Å². The molecular weight excluding hydrogens is 348 g/mol. The number of nitrogens with zero attached hydrogens (tertiary/aromatic N) is 1. The maximum Gasteiger partial charge on any atom is 0.259 e. The first-order valence-corrected chi connectivity index (χ1v) is 7.34. The van der Waals surface area contributed by atoms with Gasteiger partial charge in [0.2, 0.25) is 0 Å². The third-order valence-electron chi connectivity index (χ3n) is 3.34. The van der Waals surface area contributed by atoms with Gasteiger partial charge in [0, 0.05) is 10.0 Å². The van der Waals surface area contributed by atoms with E-state index in [0.717, 1.165) is 10.0 Å². The molecule has 0 bridgehead atoms. The van der Waals surface area contributed by atoms with Crippen molar-refractivity contribution in [2.45, 2.75) is 0 Å². The van der Waals surface area contributed by atoms with Gasteiger partial charge in [-0.25, -0.2) is 4.98 Å². The molecule has 112 valence electrons. The van der Waals surface area contributed by atoms with E-state index in [1.165, 1.54) is 0 Å². The molecule has 0 aliphatic rings. The number of nitrogens with one attached hydrogen (secondary N) is 1. The summed E-state index contributed by atoms with van der Waals surface area (Å²) in [4.78, 5) is 19.5.